The zero-order valence-corrected chi connectivity index (χ0v) is 10.6. The van der Waals surface area contributed by atoms with Gasteiger partial charge in [0.1, 0.15) is 0 Å². The molecule has 1 aromatic carbocycles. The van der Waals surface area contributed by atoms with Crippen LogP contribution < -0.4 is 5.32 Å². The van der Waals surface area contributed by atoms with Gasteiger partial charge in [-0.25, -0.2) is 0 Å². The van der Waals surface area contributed by atoms with Gasteiger partial charge in [-0.05, 0) is 19.4 Å². The number of hydrogen-bond acceptors (Lipinski definition) is 2. The molecule has 1 heterocycles. The maximum Gasteiger partial charge on any atom is 0.230 e. The summed E-state index contributed by atoms with van der Waals surface area (Å²) in [6.45, 7) is 3.81. The molecule has 1 amide bonds. The molecule has 0 fully saturated rings. The summed E-state index contributed by atoms with van der Waals surface area (Å²) in [6.07, 6.45) is 4.08. The zero-order valence-electron chi connectivity index (χ0n) is 10.6. The molecule has 92 valence electrons. The molecular formula is C15H16N2O. The van der Waals surface area contributed by atoms with Crippen molar-refractivity contribution in [2.45, 2.75) is 20.3 Å². The molecule has 1 aliphatic rings. The summed E-state index contributed by atoms with van der Waals surface area (Å²) in [5.41, 5.74) is 3.37. The average molecular weight is 240 g/mol. The molecule has 18 heavy (non-hydrogen) atoms. The smallest absolute Gasteiger partial charge is 0.230 e. The Kier molecular flexibility index (Phi) is 3.72. The number of carbonyl (C=O) groups excluding carboxylic acids is 1. The molecule has 0 aromatic heterocycles. The minimum Gasteiger partial charge on any atom is -0.324 e. The summed E-state index contributed by atoms with van der Waals surface area (Å²) >= 11 is 0. The highest BCUT2D eigenvalue weighted by Crippen LogP contribution is 2.17. The standard InChI is InChI=1S/C15H16N2O/c1-3-12-13(4-2)17-15(18)10-14(16-12)11-8-6-5-7-9-11/h3-9H,10H2,1-2H3,(H,17,18)/b12-3+,13-4+. The first-order chi connectivity index (χ1) is 8.74. The van der Waals surface area contributed by atoms with Crippen molar-refractivity contribution < 1.29 is 4.79 Å². The van der Waals surface area contributed by atoms with E-state index >= 15 is 0 Å². The Hall–Kier alpha value is -2.16. The summed E-state index contributed by atoms with van der Waals surface area (Å²) in [4.78, 5) is 16.4. The molecule has 2 rings (SSSR count). The number of benzene rings is 1. The van der Waals surface area contributed by atoms with Crippen molar-refractivity contribution >= 4 is 11.6 Å². The molecule has 1 aromatic rings. The molecule has 3 nitrogen and oxygen atoms in total. The lowest BCUT2D eigenvalue weighted by atomic mass is 10.1. The normalized spacial score (nSPS) is 20.6. The van der Waals surface area contributed by atoms with Crippen LogP contribution in [0.3, 0.4) is 0 Å². The van der Waals surface area contributed by atoms with Crippen molar-refractivity contribution in [3.05, 3.63) is 59.4 Å². The molecule has 0 aliphatic carbocycles. The number of rotatable bonds is 1. The lowest BCUT2D eigenvalue weighted by Gasteiger charge is -2.04. The third kappa shape index (κ3) is 2.56. The van der Waals surface area contributed by atoms with Crippen LogP contribution in [0, 0.1) is 0 Å². The number of hydrogen-bond donors (Lipinski definition) is 1. The van der Waals surface area contributed by atoms with Gasteiger partial charge in [-0.1, -0.05) is 42.5 Å². The van der Waals surface area contributed by atoms with E-state index in [4.69, 9.17) is 0 Å². The lowest BCUT2D eigenvalue weighted by Crippen LogP contribution is -2.23. The molecule has 0 saturated heterocycles. The maximum absolute atomic E-state index is 11.8. The van der Waals surface area contributed by atoms with E-state index in [1.165, 1.54) is 0 Å². The van der Waals surface area contributed by atoms with Crippen molar-refractivity contribution in [1.29, 1.82) is 0 Å². The fourth-order valence-corrected chi connectivity index (χ4v) is 1.89. The first kappa shape index (κ1) is 12.3. The average Bonchev–Trinajstić information content (AvgIpc) is 2.58. The highest BCUT2D eigenvalue weighted by Gasteiger charge is 2.17. The third-order valence-electron chi connectivity index (χ3n) is 2.80. The van der Waals surface area contributed by atoms with Crippen molar-refractivity contribution in [2.75, 3.05) is 0 Å². The Balaban J connectivity index is 2.47. The van der Waals surface area contributed by atoms with E-state index in [1.54, 1.807) is 0 Å². The number of carbonyl (C=O) groups is 1. The van der Waals surface area contributed by atoms with E-state index in [-0.39, 0.29) is 5.91 Å². The van der Waals surface area contributed by atoms with Gasteiger partial charge in [0.2, 0.25) is 5.91 Å². The first-order valence-electron chi connectivity index (χ1n) is 6.00. The minimum absolute atomic E-state index is 0.0254. The van der Waals surface area contributed by atoms with Gasteiger partial charge in [0.25, 0.3) is 0 Å². The van der Waals surface area contributed by atoms with Crippen LogP contribution in [0.4, 0.5) is 0 Å². The fourth-order valence-electron chi connectivity index (χ4n) is 1.89. The predicted octanol–water partition coefficient (Wildman–Crippen LogP) is 2.80. The van der Waals surface area contributed by atoms with Crippen LogP contribution in [0.5, 0.6) is 0 Å². The summed E-state index contributed by atoms with van der Waals surface area (Å²) in [5, 5.41) is 2.87. The highest BCUT2D eigenvalue weighted by atomic mass is 16.1. The minimum atomic E-state index is -0.0254. The zero-order chi connectivity index (χ0) is 13.0. The van der Waals surface area contributed by atoms with E-state index in [9.17, 15) is 4.79 Å². The largest absolute Gasteiger partial charge is 0.324 e. The van der Waals surface area contributed by atoms with Gasteiger partial charge in [0.15, 0.2) is 0 Å². The van der Waals surface area contributed by atoms with Gasteiger partial charge in [0.05, 0.1) is 23.5 Å². The molecule has 0 atom stereocenters. The van der Waals surface area contributed by atoms with E-state index in [0.717, 1.165) is 22.7 Å². The van der Waals surface area contributed by atoms with E-state index < -0.39 is 0 Å². The number of amides is 1. The predicted molar refractivity (Wildman–Crippen MR) is 73.3 cm³/mol. The van der Waals surface area contributed by atoms with Crippen LogP contribution in [-0.4, -0.2) is 11.6 Å². The van der Waals surface area contributed by atoms with E-state index in [0.29, 0.717) is 6.42 Å². The molecule has 0 bridgehead atoms. The molecule has 1 aliphatic heterocycles. The van der Waals surface area contributed by atoms with Crippen molar-refractivity contribution in [3.63, 3.8) is 0 Å². The Morgan fingerprint density at radius 3 is 2.50 bits per heavy atom. The van der Waals surface area contributed by atoms with Crippen LogP contribution >= 0.6 is 0 Å². The summed E-state index contributed by atoms with van der Waals surface area (Å²) in [5.74, 6) is -0.0254. The van der Waals surface area contributed by atoms with Crippen molar-refractivity contribution in [2.24, 2.45) is 4.99 Å². The summed E-state index contributed by atoms with van der Waals surface area (Å²) < 4.78 is 0. The maximum atomic E-state index is 11.8. The molecular weight excluding hydrogens is 224 g/mol. The SMILES string of the molecule is C/C=C1/N=C(c2ccccc2)CC(=O)N/C1=C/C. The Morgan fingerprint density at radius 2 is 1.89 bits per heavy atom. The second-order valence-electron chi connectivity index (χ2n) is 4.03. The van der Waals surface area contributed by atoms with Gasteiger partial charge in [-0.3, -0.25) is 9.79 Å². The molecule has 1 N–H and O–H groups in total. The van der Waals surface area contributed by atoms with Crippen LogP contribution in [0.25, 0.3) is 0 Å². The molecule has 0 unspecified atom stereocenters. The molecule has 0 radical (unpaired) electrons. The van der Waals surface area contributed by atoms with Crippen molar-refractivity contribution in [3.8, 4) is 0 Å². The second-order valence-corrected chi connectivity index (χ2v) is 4.03. The Labute approximate surface area is 107 Å². The highest BCUT2D eigenvalue weighted by molar-refractivity contribution is 6.12. The Morgan fingerprint density at radius 1 is 1.17 bits per heavy atom. The van der Waals surface area contributed by atoms with Gasteiger partial charge >= 0.3 is 0 Å². The lowest BCUT2D eigenvalue weighted by molar-refractivity contribution is -0.119. The third-order valence-corrected chi connectivity index (χ3v) is 2.80. The van der Waals surface area contributed by atoms with Crippen LogP contribution in [-0.2, 0) is 4.79 Å². The molecule has 0 saturated carbocycles. The molecule has 3 heteroatoms. The van der Waals surface area contributed by atoms with Crippen LogP contribution in [0.15, 0.2) is 58.9 Å². The van der Waals surface area contributed by atoms with Gasteiger partial charge in [-0.15, -0.1) is 0 Å². The number of nitrogens with one attached hydrogen (secondary N) is 1. The van der Waals surface area contributed by atoms with Gasteiger partial charge in [-0.2, -0.15) is 0 Å². The van der Waals surface area contributed by atoms with Crippen molar-refractivity contribution in [1.82, 2.24) is 5.32 Å². The quantitative estimate of drug-likeness (QED) is 0.805. The number of aliphatic imine (C=N–C) groups is 1. The van der Waals surface area contributed by atoms with E-state index in [1.807, 2.05) is 56.3 Å². The second kappa shape index (κ2) is 5.45. The summed E-state index contributed by atoms with van der Waals surface area (Å²) in [6, 6.07) is 9.80. The topological polar surface area (TPSA) is 41.5 Å². The van der Waals surface area contributed by atoms with Crippen LogP contribution in [0.1, 0.15) is 25.8 Å². The Bertz CT molecular complexity index is 539. The van der Waals surface area contributed by atoms with E-state index in [2.05, 4.69) is 10.3 Å². The number of nitrogens with zero attached hydrogens (tertiary/aromatic N) is 1. The fraction of sp³-hybridized carbons (Fsp3) is 0.200. The van der Waals surface area contributed by atoms with Crippen LogP contribution in [0.2, 0.25) is 0 Å². The summed E-state index contributed by atoms with van der Waals surface area (Å²) in [7, 11) is 0. The monoisotopic (exact) mass is 240 g/mol. The first-order valence-corrected chi connectivity index (χ1v) is 6.00. The molecule has 0 spiro atoms. The number of allylic oxidation sites excluding steroid dienone is 2. The van der Waals surface area contributed by atoms with Gasteiger partial charge in [0, 0.05) is 0 Å². The van der Waals surface area contributed by atoms with Gasteiger partial charge < -0.3 is 5.32 Å².